The molecule has 0 radical (unpaired) electrons. The molecule has 1 unspecified atom stereocenters. The number of aliphatic hydroxyl groups is 1. The topological polar surface area (TPSA) is 29.5 Å². The summed E-state index contributed by atoms with van der Waals surface area (Å²) in [5, 5.41) is 9.92. The van der Waals surface area contributed by atoms with Crippen LogP contribution in [0.1, 0.15) is 25.8 Å². The van der Waals surface area contributed by atoms with Crippen molar-refractivity contribution in [2.45, 2.75) is 39.1 Å². The van der Waals surface area contributed by atoms with Gasteiger partial charge in [0.1, 0.15) is 0 Å². The highest BCUT2D eigenvalue weighted by Crippen LogP contribution is 2.13. The molecular weight excluding hydrogens is 212 g/mol. The normalized spacial score (nSPS) is 16.2. The minimum atomic E-state index is -0.438. The van der Waals surface area contributed by atoms with Gasteiger partial charge in [-0.15, -0.1) is 6.58 Å². The summed E-state index contributed by atoms with van der Waals surface area (Å²) in [6, 6.07) is 9.99. The molecule has 0 fully saturated rings. The summed E-state index contributed by atoms with van der Waals surface area (Å²) >= 11 is 0. The standard InChI is InChI=1S/C15H22O2/c1-4-12(2)10-15(16)13(3)17-11-14-8-6-5-7-9-14/h4-9,12-13,15-16H,1,10-11H2,2-3H3/t12-,13?,15+/m0/s1. The number of rotatable bonds is 7. The van der Waals surface area contributed by atoms with Gasteiger partial charge in [-0.05, 0) is 24.8 Å². The molecule has 17 heavy (non-hydrogen) atoms. The number of ether oxygens (including phenoxy) is 1. The summed E-state index contributed by atoms with van der Waals surface area (Å²) in [4.78, 5) is 0. The first-order valence-electron chi connectivity index (χ1n) is 6.09. The smallest absolute Gasteiger partial charge is 0.0810 e. The van der Waals surface area contributed by atoms with Crippen molar-refractivity contribution in [2.75, 3.05) is 0 Å². The highest BCUT2D eigenvalue weighted by atomic mass is 16.5. The maximum atomic E-state index is 9.92. The van der Waals surface area contributed by atoms with Crippen LogP contribution in [0.5, 0.6) is 0 Å². The Kier molecular flexibility index (Phi) is 5.95. The lowest BCUT2D eigenvalue weighted by Gasteiger charge is -2.21. The molecule has 0 amide bonds. The molecule has 1 rings (SSSR count). The Labute approximate surface area is 104 Å². The fourth-order valence-corrected chi connectivity index (χ4v) is 1.58. The van der Waals surface area contributed by atoms with Gasteiger partial charge in [0.2, 0.25) is 0 Å². The third kappa shape index (κ3) is 5.16. The number of aliphatic hydroxyl groups excluding tert-OH is 1. The average molecular weight is 234 g/mol. The molecule has 0 aromatic heterocycles. The molecule has 0 saturated carbocycles. The molecule has 1 N–H and O–H groups in total. The fraction of sp³-hybridized carbons (Fsp3) is 0.467. The van der Waals surface area contributed by atoms with Crippen LogP contribution in [0, 0.1) is 5.92 Å². The molecule has 0 bridgehead atoms. The molecule has 0 aliphatic carbocycles. The number of benzene rings is 1. The number of hydrogen-bond donors (Lipinski definition) is 1. The SMILES string of the molecule is C=C[C@H](C)C[C@@H](O)C(C)OCc1ccccc1. The fourth-order valence-electron chi connectivity index (χ4n) is 1.58. The Balaban J connectivity index is 2.34. The average Bonchev–Trinajstić information content (AvgIpc) is 2.36. The van der Waals surface area contributed by atoms with Gasteiger partial charge in [-0.3, -0.25) is 0 Å². The summed E-state index contributed by atoms with van der Waals surface area (Å²) in [6.45, 7) is 8.21. The Hall–Kier alpha value is -1.12. The molecular formula is C15H22O2. The van der Waals surface area contributed by atoms with E-state index in [1.54, 1.807) is 0 Å². The summed E-state index contributed by atoms with van der Waals surface area (Å²) < 4.78 is 5.65. The predicted molar refractivity (Wildman–Crippen MR) is 70.7 cm³/mol. The molecule has 2 nitrogen and oxygen atoms in total. The van der Waals surface area contributed by atoms with Crippen molar-refractivity contribution < 1.29 is 9.84 Å². The second-order valence-electron chi connectivity index (χ2n) is 4.52. The van der Waals surface area contributed by atoms with Crippen LogP contribution < -0.4 is 0 Å². The van der Waals surface area contributed by atoms with Crippen molar-refractivity contribution >= 4 is 0 Å². The number of hydrogen-bond acceptors (Lipinski definition) is 2. The zero-order valence-electron chi connectivity index (χ0n) is 10.7. The van der Waals surface area contributed by atoms with Gasteiger partial charge < -0.3 is 9.84 Å². The van der Waals surface area contributed by atoms with Crippen LogP contribution in [-0.2, 0) is 11.3 Å². The van der Waals surface area contributed by atoms with E-state index in [-0.39, 0.29) is 6.10 Å². The van der Waals surface area contributed by atoms with Gasteiger partial charge in [0.25, 0.3) is 0 Å². The van der Waals surface area contributed by atoms with E-state index >= 15 is 0 Å². The second-order valence-corrected chi connectivity index (χ2v) is 4.52. The Morgan fingerprint density at radius 1 is 1.29 bits per heavy atom. The zero-order valence-corrected chi connectivity index (χ0v) is 10.7. The first-order chi connectivity index (χ1) is 8.13. The minimum Gasteiger partial charge on any atom is -0.390 e. The molecule has 94 valence electrons. The van der Waals surface area contributed by atoms with Gasteiger partial charge >= 0.3 is 0 Å². The quantitative estimate of drug-likeness (QED) is 0.734. The summed E-state index contributed by atoms with van der Waals surface area (Å²) in [5.41, 5.74) is 1.13. The third-order valence-corrected chi connectivity index (χ3v) is 2.91. The van der Waals surface area contributed by atoms with Crippen molar-refractivity contribution in [1.29, 1.82) is 0 Å². The second kappa shape index (κ2) is 7.25. The largest absolute Gasteiger partial charge is 0.390 e. The van der Waals surface area contributed by atoms with Crippen molar-refractivity contribution in [3.05, 3.63) is 48.6 Å². The van der Waals surface area contributed by atoms with Crippen LogP contribution in [0.4, 0.5) is 0 Å². The van der Waals surface area contributed by atoms with E-state index in [2.05, 4.69) is 6.58 Å². The van der Waals surface area contributed by atoms with Gasteiger partial charge in [-0.1, -0.05) is 43.3 Å². The van der Waals surface area contributed by atoms with Gasteiger partial charge in [0.15, 0.2) is 0 Å². The number of allylic oxidation sites excluding steroid dienone is 1. The van der Waals surface area contributed by atoms with E-state index in [4.69, 9.17) is 4.74 Å². The van der Waals surface area contributed by atoms with Gasteiger partial charge in [-0.25, -0.2) is 0 Å². The molecule has 0 aliphatic heterocycles. The van der Waals surface area contributed by atoms with Gasteiger partial charge in [-0.2, -0.15) is 0 Å². The van der Waals surface area contributed by atoms with Crippen LogP contribution >= 0.6 is 0 Å². The Bertz CT molecular complexity index is 321. The maximum Gasteiger partial charge on any atom is 0.0810 e. The summed E-state index contributed by atoms with van der Waals surface area (Å²) in [7, 11) is 0. The van der Waals surface area contributed by atoms with E-state index < -0.39 is 6.10 Å². The molecule has 0 saturated heterocycles. The van der Waals surface area contributed by atoms with E-state index in [0.29, 0.717) is 18.9 Å². The van der Waals surface area contributed by atoms with Crippen molar-refractivity contribution in [3.8, 4) is 0 Å². The highest BCUT2D eigenvalue weighted by Gasteiger charge is 2.16. The van der Waals surface area contributed by atoms with E-state index in [9.17, 15) is 5.11 Å². The zero-order chi connectivity index (χ0) is 12.7. The van der Waals surface area contributed by atoms with E-state index in [1.165, 1.54) is 0 Å². The molecule has 1 aromatic carbocycles. The molecule has 0 aliphatic rings. The van der Waals surface area contributed by atoms with Crippen molar-refractivity contribution in [3.63, 3.8) is 0 Å². The predicted octanol–water partition coefficient (Wildman–Crippen LogP) is 3.16. The highest BCUT2D eigenvalue weighted by molar-refractivity contribution is 5.13. The van der Waals surface area contributed by atoms with Crippen LogP contribution in [-0.4, -0.2) is 17.3 Å². The summed E-state index contributed by atoms with van der Waals surface area (Å²) in [6.07, 6.45) is 1.95. The third-order valence-electron chi connectivity index (χ3n) is 2.91. The van der Waals surface area contributed by atoms with E-state index in [1.807, 2.05) is 50.3 Å². The lowest BCUT2D eigenvalue weighted by molar-refractivity contribution is -0.0411. The first-order valence-corrected chi connectivity index (χ1v) is 6.09. The molecule has 0 spiro atoms. The Morgan fingerprint density at radius 3 is 2.53 bits per heavy atom. The first kappa shape index (κ1) is 13.9. The molecule has 2 heteroatoms. The molecule has 0 heterocycles. The minimum absolute atomic E-state index is 0.155. The van der Waals surface area contributed by atoms with Crippen molar-refractivity contribution in [2.24, 2.45) is 5.92 Å². The van der Waals surface area contributed by atoms with Gasteiger partial charge in [0.05, 0.1) is 18.8 Å². The van der Waals surface area contributed by atoms with Crippen LogP contribution in [0.2, 0.25) is 0 Å². The maximum absolute atomic E-state index is 9.92. The van der Waals surface area contributed by atoms with Crippen LogP contribution in [0.15, 0.2) is 43.0 Å². The van der Waals surface area contributed by atoms with Crippen LogP contribution in [0.3, 0.4) is 0 Å². The van der Waals surface area contributed by atoms with Crippen molar-refractivity contribution in [1.82, 2.24) is 0 Å². The Morgan fingerprint density at radius 2 is 1.94 bits per heavy atom. The van der Waals surface area contributed by atoms with Crippen LogP contribution in [0.25, 0.3) is 0 Å². The summed E-state index contributed by atoms with van der Waals surface area (Å²) in [5.74, 6) is 0.313. The molecule has 3 atom stereocenters. The van der Waals surface area contributed by atoms with E-state index in [0.717, 1.165) is 5.56 Å². The lowest BCUT2D eigenvalue weighted by atomic mass is 10.0. The van der Waals surface area contributed by atoms with Gasteiger partial charge in [0, 0.05) is 0 Å². The monoisotopic (exact) mass is 234 g/mol. The molecule has 1 aromatic rings. The lowest BCUT2D eigenvalue weighted by Crippen LogP contribution is -2.27.